The van der Waals surface area contributed by atoms with Gasteiger partial charge in [0.25, 0.3) is 0 Å². The summed E-state index contributed by atoms with van der Waals surface area (Å²) in [5.41, 5.74) is 2.32. The van der Waals surface area contributed by atoms with Gasteiger partial charge in [0.2, 0.25) is 5.88 Å². The summed E-state index contributed by atoms with van der Waals surface area (Å²) in [5, 5.41) is 3.34. The van der Waals surface area contributed by atoms with E-state index < -0.39 is 0 Å². The second kappa shape index (κ2) is 9.72. The predicted molar refractivity (Wildman–Crippen MR) is 82.2 cm³/mol. The summed E-state index contributed by atoms with van der Waals surface area (Å²) >= 11 is 0. The molecule has 0 radical (unpaired) electrons. The van der Waals surface area contributed by atoms with Gasteiger partial charge in [-0.2, -0.15) is 0 Å². The van der Waals surface area contributed by atoms with Gasteiger partial charge in [0.15, 0.2) is 0 Å². The molecule has 0 amide bonds. The van der Waals surface area contributed by atoms with Crippen LogP contribution in [0.5, 0.6) is 5.88 Å². The fourth-order valence-electron chi connectivity index (χ4n) is 1.96. The van der Waals surface area contributed by atoms with E-state index in [0.717, 1.165) is 31.6 Å². The summed E-state index contributed by atoms with van der Waals surface area (Å²) in [6.07, 6.45) is 2.09. The lowest BCUT2D eigenvalue weighted by Gasteiger charge is -2.15. The van der Waals surface area contributed by atoms with Crippen molar-refractivity contribution < 1.29 is 9.47 Å². The maximum atomic E-state index is 5.86. The molecule has 4 heteroatoms. The van der Waals surface area contributed by atoms with Crippen LogP contribution in [0.1, 0.15) is 45.4 Å². The summed E-state index contributed by atoms with van der Waals surface area (Å²) < 4.78 is 11.2. The minimum absolute atomic E-state index is 0.0197. The first-order valence-electron chi connectivity index (χ1n) is 7.64. The topological polar surface area (TPSA) is 43.4 Å². The van der Waals surface area contributed by atoms with E-state index in [1.165, 1.54) is 5.56 Å². The first-order chi connectivity index (χ1) is 9.69. The van der Waals surface area contributed by atoms with Gasteiger partial charge in [-0.05, 0) is 38.4 Å². The highest BCUT2D eigenvalue weighted by Crippen LogP contribution is 2.15. The molecule has 1 heterocycles. The second-order valence-corrected chi connectivity index (χ2v) is 4.92. The zero-order valence-corrected chi connectivity index (χ0v) is 13.2. The van der Waals surface area contributed by atoms with Crippen LogP contribution in [-0.4, -0.2) is 30.8 Å². The fourth-order valence-corrected chi connectivity index (χ4v) is 1.96. The van der Waals surface area contributed by atoms with Gasteiger partial charge >= 0.3 is 0 Å². The number of aromatic nitrogens is 1. The summed E-state index contributed by atoms with van der Waals surface area (Å²) in [4.78, 5) is 4.57. The minimum atomic E-state index is 0.0197. The molecule has 114 valence electrons. The van der Waals surface area contributed by atoms with Gasteiger partial charge in [0, 0.05) is 24.9 Å². The van der Waals surface area contributed by atoms with E-state index in [4.69, 9.17) is 9.47 Å². The van der Waals surface area contributed by atoms with E-state index in [-0.39, 0.29) is 6.10 Å². The number of ether oxygens (including phenoxy) is 2. The lowest BCUT2D eigenvalue weighted by molar-refractivity contribution is 0.0632. The molecule has 1 aromatic heterocycles. The third kappa shape index (κ3) is 6.35. The Morgan fingerprint density at radius 2 is 2.05 bits per heavy atom. The van der Waals surface area contributed by atoms with Crippen molar-refractivity contribution in [3.8, 4) is 5.88 Å². The third-order valence-corrected chi connectivity index (χ3v) is 2.88. The highest BCUT2D eigenvalue weighted by atomic mass is 16.5. The summed E-state index contributed by atoms with van der Waals surface area (Å²) in [6, 6.07) is 4.18. The van der Waals surface area contributed by atoms with Crippen molar-refractivity contribution in [1.82, 2.24) is 10.3 Å². The average molecular weight is 280 g/mol. The van der Waals surface area contributed by atoms with Gasteiger partial charge in [-0.25, -0.2) is 4.98 Å². The van der Waals surface area contributed by atoms with Crippen LogP contribution < -0.4 is 10.1 Å². The van der Waals surface area contributed by atoms with Gasteiger partial charge in [0.1, 0.15) is 6.10 Å². The number of hydrogen-bond acceptors (Lipinski definition) is 4. The molecule has 0 saturated heterocycles. The number of aryl methyl sites for hydroxylation is 1. The summed E-state index contributed by atoms with van der Waals surface area (Å²) in [7, 11) is 0. The van der Waals surface area contributed by atoms with E-state index in [0.29, 0.717) is 19.1 Å². The molecule has 1 N–H and O–H groups in total. The number of pyridine rings is 1. The molecule has 0 spiro atoms. The summed E-state index contributed by atoms with van der Waals surface area (Å²) in [5.74, 6) is 0.705. The smallest absolute Gasteiger partial charge is 0.214 e. The molecule has 1 rings (SSSR count). The Bertz CT molecular complexity index is 383. The second-order valence-electron chi connectivity index (χ2n) is 4.92. The average Bonchev–Trinajstić information content (AvgIpc) is 2.43. The van der Waals surface area contributed by atoms with Crippen LogP contribution in [0.3, 0.4) is 0 Å². The van der Waals surface area contributed by atoms with Crippen molar-refractivity contribution in [3.63, 3.8) is 0 Å². The molecule has 1 atom stereocenters. The first kappa shape index (κ1) is 16.9. The molecule has 4 nitrogen and oxygen atoms in total. The van der Waals surface area contributed by atoms with Crippen LogP contribution in [0.15, 0.2) is 12.1 Å². The molecular formula is C16H28N2O2. The molecule has 0 fully saturated rings. The summed E-state index contributed by atoms with van der Waals surface area (Å²) in [6.45, 7) is 11.4. The highest BCUT2D eigenvalue weighted by molar-refractivity contribution is 5.25. The van der Waals surface area contributed by atoms with Crippen molar-refractivity contribution in [1.29, 1.82) is 0 Å². The van der Waals surface area contributed by atoms with Crippen LogP contribution in [0.2, 0.25) is 0 Å². The molecule has 0 bridgehead atoms. The number of rotatable bonds is 10. The van der Waals surface area contributed by atoms with E-state index in [1.54, 1.807) is 0 Å². The van der Waals surface area contributed by atoms with Crippen molar-refractivity contribution in [3.05, 3.63) is 23.4 Å². The third-order valence-electron chi connectivity index (χ3n) is 2.88. The predicted octanol–water partition coefficient (Wildman–Crippen LogP) is 2.95. The SMILES string of the molecule is CCCc1cc(CNCC)cc(OC(C)COCC)n1. The van der Waals surface area contributed by atoms with Crippen molar-refractivity contribution in [2.75, 3.05) is 19.8 Å². The van der Waals surface area contributed by atoms with Crippen molar-refractivity contribution in [2.24, 2.45) is 0 Å². The molecule has 1 unspecified atom stereocenters. The zero-order valence-electron chi connectivity index (χ0n) is 13.2. The molecule has 0 aliphatic carbocycles. The Morgan fingerprint density at radius 1 is 1.25 bits per heavy atom. The molecular weight excluding hydrogens is 252 g/mol. The Balaban J connectivity index is 2.73. The molecule has 0 aromatic carbocycles. The lowest BCUT2D eigenvalue weighted by Crippen LogP contribution is -2.20. The van der Waals surface area contributed by atoms with E-state index >= 15 is 0 Å². The van der Waals surface area contributed by atoms with Crippen molar-refractivity contribution >= 4 is 0 Å². The minimum Gasteiger partial charge on any atom is -0.472 e. The molecule has 1 aromatic rings. The van der Waals surface area contributed by atoms with Gasteiger partial charge in [0.05, 0.1) is 6.61 Å². The normalized spacial score (nSPS) is 12.4. The van der Waals surface area contributed by atoms with Crippen molar-refractivity contribution in [2.45, 2.75) is 53.2 Å². The maximum Gasteiger partial charge on any atom is 0.214 e. The van der Waals surface area contributed by atoms with E-state index in [9.17, 15) is 0 Å². The van der Waals surface area contributed by atoms with E-state index in [1.807, 2.05) is 19.9 Å². The Kier molecular flexibility index (Phi) is 8.23. The fraction of sp³-hybridized carbons (Fsp3) is 0.688. The van der Waals surface area contributed by atoms with Gasteiger partial charge < -0.3 is 14.8 Å². The van der Waals surface area contributed by atoms with Crippen LogP contribution in [0.25, 0.3) is 0 Å². The Morgan fingerprint density at radius 3 is 2.70 bits per heavy atom. The first-order valence-corrected chi connectivity index (χ1v) is 7.64. The standard InChI is InChI=1S/C16H28N2O2/c1-5-8-15-9-14(11-17-6-2)10-16(18-15)20-13(4)12-19-7-3/h9-10,13,17H,5-8,11-12H2,1-4H3. The number of hydrogen-bond donors (Lipinski definition) is 1. The zero-order chi connectivity index (χ0) is 14.8. The molecule has 0 aliphatic rings. The number of nitrogens with one attached hydrogen (secondary N) is 1. The monoisotopic (exact) mass is 280 g/mol. The Labute approximate surface area is 122 Å². The maximum absolute atomic E-state index is 5.86. The largest absolute Gasteiger partial charge is 0.472 e. The van der Waals surface area contributed by atoms with Crippen LogP contribution in [-0.2, 0) is 17.7 Å². The van der Waals surface area contributed by atoms with Crippen LogP contribution in [0.4, 0.5) is 0 Å². The van der Waals surface area contributed by atoms with E-state index in [2.05, 4.69) is 30.2 Å². The quantitative estimate of drug-likeness (QED) is 0.715. The van der Waals surface area contributed by atoms with Crippen LogP contribution in [0, 0.1) is 0 Å². The van der Waals surface area contributed by atoms with Crippen LogP contribution >= 0.6 is 0 Å². The molecule has 0 saturated carbocycles. The molecule has 20 heavy (non-hydrogen) atoms. The highest BCUT2D eigenvalue weighted by Gasteiger charge is 2.08. The Hall–Kier alpha value is -1.13. The van der Waals surface area contributed by atoms with Gasteiger partial charge in [-0.3, -0.25) is 0 Å². The lowest BCUT2D eigenvalue weighted by atomic mass is 10.1. The van der Waals surface area contributed by atoms with Gasteiger partial charge in [-0.1, -0.05) is 20.3 Å². The molecule has 0 aliphatic heterocycles. The number of nitrogens with zero attached hydrogens (tertiary/aromatic N) is 1. The van der Waals surface area contributed by atoms with Gasteiger partial charge in [-0.15, -0.1) is 0 Å².